The van der Waals surface area contributed by atoms with Crippen LogP contribution in [0.25, 0.3) is 0 Å². The molecule has 3 rings (SSSR count). The van der Waals surface area contributed by atoms with Gasteiger partial charge in [-0.3, -0.25) is 9.48 Å². The number of amides is 1. The Bertz CT molecular complexity index is 412. The summed E-state index contributed by atoms with van der Waals surface area (Å²) in [7, 11) is 0. The van der Waals surface area contributed by atoms with E-state index in [-0.39, 0.29) is 12.0 Å². The lowest BCUT2D eigenvalue weighted by atomic mass is 10.0. The maximum atomic E-state index is 12.3. The second-order valence-corrected chi connectivity index (χ2v) is 5.46. The van der Waals surface area contributed by atoms with E-state index in [1.54, 1.807) is 6.20 Å². The molecule has 5 nitrogen and oxygen atoms in total. The summed E-state index contributed by atoms with van der Waals surface area (Å²) in [4.78, 5) is 14.3. The number of likely N-dealkylation sites (tertiary alicyclic amines) is 1. The van der Waals surface area contributed by atoms with Crippen LogP contribution in [0.15, 0.2) is 18.5 Å². The summed E-state index contributed by atoms with van der Waals surface area (Å²) < 4.78 is 7.53. The van der Waals surface area contributed by atoms with Gasteiger partial charge in [-0.15, -0.1) is 0 Å². The molecule has 0 bridgehead atoms. The molecular formula is C14H21N3O2. The van der Waals surface area contributed by atoms with Crippen LogP contribution in [-0.2, 0) is 9.53 Å². The molecule has 5 heteroatoms. The van der Waals surface area contributed by atoms with Crippen molar-refractivity contribution in [2.75, 3.05) is 19.7 Å². The molecule has 2 atom stereocenters. The van der Waals surface area contributed by atoms with Crippen molar-refractivity contribution >= 4 is 5.91 Å². The number of aromatic nitrogens is 2. The molecule has 1 amide bonds. The van der Waals surface area contributed by atoms with Crippen molar-refractivity contribution < 1.29 is 9.53 Å². The van der Waals surface area contributed by atoms with Gasteiger partial charge >= 0.3 is 0 Å². The second kappa shape index (κ2) is 5.74. The lowest BCUT2D eigenvalue weighted by Gasteiger charge is -2.33. The number of ether oxygens (including phenoxy) is 1. The van der Waals surface area contributed by atoms with E-state index < -0.39 is 0 Å². The van der Waals surface area contributed by atoms with Crippen molar-refractivity contribution in [3.05, 3.63) is 18.5 Å². The zero-order chi connectivity index (χ0) is 13.1. The molecule has 0 saturated carbocycles. The molecule has 104 valence electrons. The Labute approximate surface area is 113 Å². The minimum atomic E-state index is 0.151. The third-order valence-electron chi connectivity index (χ3n) is 4.07. The zero-order valence-corrected chi connectivity index (χ0v) is 11.2. The van der Waals surface area contributed by atoms with Crippen LogP contribution in [0.5, 0.6) is 0 Å². The fraction of sp³-hybridized carbons (Fsp3) is 0.714. The van der Waals surface area contributed by atoms with Gasteiger partial charge in [0.2, 0.25) is 5.91 Å². The van der Waals surface area contributed by atoms with Crippen LogP contribution in [0.3, 0.4) is 0 Å². The van der Waals surface area contributed by atoms with Crippen molar-refractivity contribution in [2.24, 2.45) is 0 Å². The molecule has 2 fully saturated rings. The summed E-state index contributed by atoms with van der Waals surface area (Å²) in [5, 5.41) is 4.29. The molecule has 1 aromatic rings. The minimum absolute atomic E-state index is 0.151. The summed E-state index contributed by atoms with van der Waals surface area (Å²) >= 11 is 0. The first-order valence-electron chi connectivity index (χ1n) is 7.21. The van der Waals surface area contributed by atoms with Crippen molar-refractivity contribution in [3.63, 3.8) is 0 Å². The highest BCUT2D eigenvalue weighted by atomic mass is 16.5. The molecule has 2 aliphatic heterocycles. The summed E-state index contributed by atoms with van der Waals surface area (Å²) in [5.74, 6) is 0.240. The summed E-state index contributed by atoms with van der Waals surface area (Å²) in [6.07, 6.45) is 8.76. The quantitative estimate of drug-likeness (QED) is 0.832. The van der Waals surface area contributed by atoms with E-state index in [0.717, 1.165) is 45.4 Å². The number of rotatable bonds is 3. The highest BCUT2D eigenvalue weighted by molar-refractivity contribution is 5.76. The molecule has 3 heterocycles. The van der Waals surface area contributed by atoms with Gasteiger partial charge < -0.3 is 9.64 Å². The van der Waals surface area contributed by atoms with Gasteiger partial charge in [-0.05, 0) is 31.7 Å². The number of hydrogen-bond acceptors (Lipinski definition) is 3. The normalized spacial score (nSPS) is 27.7. The third kappa shape index (κ3) is 2.97. The molecule has 0 radical (unpaired) electrons. The largest absolute Gasteiger partial charge is 0.378 e. The maximum Gasteiger partial charge on any atom is 0.225 e. The third-order valence-corrected chi connectivity index (χ3v) is 4.07. The first-order chi connectivity index (χ1) is 9.33. The lowest BCUT2D eigenvalue weighted by molar-refractivity contribution is -0.135. The van der Waals surface area contributed by atoms with Gasteiger partial charge in [-0.2, -0.15) is 5.10 Å². The molecule has 19 heavy (non-hydrogen) atoms. The predicted octanol–water partition coefficient (Wildman–Crippen LogP) is 1.62. The van der Waals surface area contributed by atoms with Gasteiger partial charge in [0, 0.05) is 32.1 Å². The molecule has 0 N–H and O–H groups in total. The lowest BCUT2D eigenvalue weighted by Crippen LogP contribution is -2.41. The molecule has 2 saturated heterocycles. The topological polar surface area (TPSA) is 47.4 Å². The van der Waals surface area contributed by atoms with E-state index >= 15 is 0 Å². The van der Waals surface area contributed by atoms with E-state index in [0.29, 0.717) is 12.5 Å². The van der Waals surface area contributed by atoms with Crippen LogP contribution in [0, 0.1) is 0 Å². The van der Waals surface area contributed by atoms with Crippen LogP contribution in [0.4, 0.5) is 0 Å². The van der Waals surface area contributed by atoms with Crippen molar-refractivity contribution in [1.82, 2.24) is 14.7 Å². The van der Waals surface area contributed by atoms with Gasteiger partial charge in [0.15, 0.2) is 0 Å². The smallest absolute Gasteiger partial charge is 0.225 e. The highest BCUT2D eigenvalue weighted by Crippen LogP contribution is 2.23. The predicted molar refractivity (Wildman–Crippen MR) is 70.7 cm³/mol. The average molecular weight is 263 g/mol. The highest BCUT2D eigenvalue weighted by Gasteiger charge is 2.27. The summed E-state index contributed by atoms with van der Waals surface area (Å²) in [6.45, 7) is 2.48. The molecule has 0 aliphatic carbocycles. The molecule has 0 aromatic carbocycles. The average Bonchev–Trinajstić information content (AvgIpc) is 3.12. The molecule has 1 aromatic heterocycles. The van der Waals surface area contributed by atoms with E-state index in [9.17, 15) is 4.79 Å². The summed E-state index contributed by atoms with van der Waals surface area (Å²) in [5.41, 5.74) is 0. The number of piperidine rings is 1. The maximum absolute atomic E-state index is 12.3. The Morgan fingerprint density at radius 1 is 1.37 bits per heavy atom. The van der Waals surface area contributed by atoms with Crippen LogP contribution < -0.4 is 0 Å². The van der Waals surface area contributed by atoms with Crippen LogP contribution in [-0.4, -0.2) is 46.4 Å². The van der Waals surface area contributed by atoms with Crippen molar-refractivity contribution in [1.29, 1.82) is 0 Å². The van der Waals surface area contributed by atoms with Gasteiger partial charge in [0.25, 0.3) is 0 Å². The minimum Gasteiger partial charge on any atom is -0.378 e. The van der Waals surface area contributed by atoms with Crippen LogP contribution >= 0.6 is 0 Å². The van der Waals surface area contributed by atoms with Crippen LogP contribution in [0.1, 0.15) is 38.1 Å². The fourth-order valence-electron chi connectivity index (χ4n) is 3.02. The molecular weight excluding hydrogens is 242 g/mol. The molecule has 2 aliphatic rings. The molecule has 2 unspecified atom stereocenters. The van der Waals surface area contributed by atoms with E-state index in [4.69, 9.17) is 4.74 Å². The standard InChI is InChI=1S/C14H21N3O2/c18-14(10-13-5-2-9-19-13)16-7-1-4-12(11-16)17-8-3-6-15-17/h3,6,8,12-13H,1-2,4-5,7,9-11H2. The number of nitrogens with zero attached hydrogens (tertiary/aromatic N) is 3. The van der Waals surface area contributed by atoms with Gasteiger partial charge in [-0.25, -0.2) is 0 Å². The Hall–Kier alpha value is -1.36. The second-order valence-electron chi connectivity index (χ2n) is 5.46. The Morgan fingerprint density at radius 3 is 3.05 bits per heavy atom. The van der Waals surface area contributed by atoms with Gasteiger partial charge in [0.1, 0.15) is 0 Å². The van der Waals surface area contributed by atoms with Crippen molar-refractivity contribution in [2.45, 2.75) is 44.2 Å². The van der Waals surface area contributed by atoms with E-state index in [1.165, 1.54) is 0 Å². The number of carbonyl (C=O) groups is 1. The SMILES string of the molecule is O=C(CC1CCCO1)N1CCCC(n2cccn2)C1. The van der Waals surface area contributed by atoms with E-state index in [2.05, 4.69) is 5.10 Å². The Balaban J connectivity index is 1.56. The Morgan fingerprint density at radius 2 is 2.32 bits per heavy atom. The fourth-order valence-corrected chi connectivity index (χ4v) is 3.02. The monoisotopic (exact) mass is 263 g/mol. The number of hydrogen-bond donors (Lipinski definition) is 0. The van der Waals surface area contributed by atoms with Gasteiger partial charge in [0.05, 0.1) is 18.6 Å². The Kier molecular flexibility index (Phi) is 3.82. The number of carbonyl (C=O) groups excluding carboxylic acids is 1. The van der Waals surface area contributed by atoms with Crippen molar-refractivity contribution in [3.8, 4) is 0 Å². The zero-order valence-electron chi connectivity index (χ0n) is 11.2. The first kappa shape index (κ1) is 12.7. The molecule has 0 spiro atoms. The van der Waals surface area contributed by atoms with Gasteiger partial charge in [-0.1, -0.05) is 0 Å². The summed E-state index contributed by atoms with van der Waals surface area (Å²) in [6, 6.07) is 2.27. The first-order valence-corrected chi connectivity index (χ1v) is 7.21. The van der Waals surface area contributed by atoms with Crippen LogP contribution in [0.2, 0.25) is 0 Å². The van der Waals surface area contributed by atoms with E-state index in [1.807, 2.05) is 21.8 Å².